The van der Waals surface area contributed by atoms with E-state index in [0.29, 0.717) is 23.8 Å². The van der Waals surface area contributed by atoms with Gasteiger partial charge >= 0.3 is 0 Å². The Balaban J connectivity index is 2.35. The van der Waals surface area contributed by atoms with Crippen molar-refractivity contribution in [1.82, 2.24) is 5.32 Å². The third-order valence-electron chi connectivity index (χ3n) is 3.83. The summed E-state index contributed by atoms with van der Waals surface area (Å²) in [6, 6.07) is 0.480. The van der Waals surface area contributed by atoms with Crippen LogP contribution in [-0.2, 0) is 9.84 Å². The van der Waals surface area contributed by atoms with Crippen molar-refractivity contribution in [3.05, 3.63) is 0 Å². The Hall–Kier alpha value is -0.0900. The Morgan fingerprint density at radius 2 is 1.94 bits per heavy atom. The van der Waals surface area contributed by atoms with E-state index in [2.05, 4.69) is 19.2 Å². The van der Waals surface area contributed by atoms with Crippen molar-refractivity contribution < 1.29 is 8.42 Å². The molecule has 1 fully saturated rings. The summed E-state index contributed by atoms with van der Waals surface area (Å²) in [4.78, 5) is 0. The van der Waals surface area contributed by atoms with E-state index >= 15 is 0 Å². The van der Waals surface area contributed by atoms with Crippen LogP contribution < -0.4 is 5.32 Å². The summed E-state index contributed by atoms with van der Waals surface area (Å²) in [7, 11) is -2.83. The predicted octanol–water partition coefficient (Wildman–Crippen LogP) is 2.37. The van der Waals surface area contributed by atoms with Crippen molar-refractivity contribution >= 4 is 9.84 Å². The summed E-state index contributed by atoms with van der Waals surface area (Å²) in [5.41, 5.74) is 0.312. The van der Waals surface area contributed by atoms with Crippen LogP contribution in [0, 0.1) is 5.41 Å². The maximum atomic E-state index is 11.6. The van der Waals surface area contributed by atoms with Crippen molar-refractivity contribution in [3.8, 4) is 0 Å². The Bertz CT molecular complexity index is 322. The van der Waals surface area contributed by atoms with Gasteiger partial charge in [-0.1, -0.05) is 33.6 Å². The number of hydrogen-bond acceptors (Lipinski definition) is 3. The maximum absolute atomic E-state index is 11.6. The lowest BCUT2D eigenvalue weighted by Crippen LogP contribution is -2.45. The van der Waals surface area contributed by atoms with Crippen LogP contribution in [0.3, 0.4) is 0 Å². The van der Waals surface area contributed by atoms with Gasteiger partial charge in [0.2, 0.25) is 0 Å². The van der Waals surface area contributed by atoms with Crippen LogP contribution in [0.4, 0.5) is 0 Å². The monoisotopic (exact) mass is 261 g/mol. The van der Waals surface area contributed by atoms with Gasteiger partial charge in [0, 0.05) is 18.3 Å². The van der Waals surface area contributed by atoms with Crippen molar-refractivity contribution in [1.29, 1.82) is 0 Å². The summed E-state index contributed by atoms with van der Waals surface area (Å²) < 4.78 is 23.2. The molecule has 0 unspecified atom stereocenters. The highest BCUT2D eigenvalue weighted by Gasteiger charge is 2.31. The first-order valence-electron chi connectivity index (χ1n) is 6.81. The molecule has 1 N–H and O–H groups in total. The molecule has 0 bridgehead atoms. The highest BCUT2D eigenvalue weighted by Crippen LogP contribution is 2.35. The molecule has 0 aromatic rings. The van der Waals surface area contributed by atoms with Gasteiger partial charge in [0.05, 0.1) is 5.75 Å². The smallest absolute Gasteiger partial charge is 0.151 e. The second-order valence-corrected chi connectivity index (χ2v) is 8.20. The molecule has 4 heteroatoms. The summed E-state index contributed by atoms with van der Waals surface area (Å²) in [5, 5.41) is 3.45. The van der Waals surface area contributed by atoms with Crippen molar-refractivity contribution in [2.24, 2.45) is 5.41 Å². The Labute approximate surface area is 106 Å². The Morgan fingerprint density at radius 3 is 2.53 bits per heavy atom. The van der Waals surface area contributed by atoms with E-state index in [4.69, 9.17) is 0 Å². The van der Waals surface area contributed by atoms with Crippen LogP contribution in [0.2, 0.25) is 0 Å². The molecule has 1 aliphatic carbocycles. The third-order valence-corrected chi connectivity index (χ3v) is 5.68. The average Bonchev–Trinajstić information content (AvgIpc) is 2.20. The van der Waals surface area contributed by atoms with Crippen LogP contribution in [0.5, 0.6) is 0 Å². The lowest BCUT2D eigenvalue weighted by atomic mass is 9.73. The highest BCUT2D eigenvalue weighted by molar-refractivity contribution is 7.91. The number of hydrogen-bond donors (Lipinski definition) is 1. The zero-order chi connectivity index (χ0) is 12.9. The minimum absolute atomic E-state index is 0.285. The second kappa shape index (κ2) is 6.19. The van der Waals surface area contributed by atoms with Gasteiger partial charge in [0.15, 0.2) is 9.84 Å². The summed E-state index contributed by atoms with van der Waals surface area (Å²) in [5.74, 6) is 0.607. The SMILES string of the molecule is CCCS(=O)(=O)CCN[C@H]1CCCCC1(C)C. The summed E-state index contributed by atoms with van der Waals surface area (Å²) in [6.07, 6.45) is 5.71. The van der Waals surface area contributed by atoms with E-state index in [1.165, 1.54) is 25.7 Å². The second-order valence-electron chi connectivity index (χ2n) is 5.89. The van der Waals surface area contributed by atoms with Gasteiger partial charge in [-0.05, 0) is 24.7 Å². The molecular formula is C13H27NO2S. The Kier molecular flexibility index (Phi) is 5.45. The maximum Gasteiger partial charge on any atom is 0.151 e. The molecule has 17 heavy (non-hydrogen) atoms. The molecule has 0 heterocycles. The lowest BCUT2D eigenvalue weighted by Gasteiger charge is -2.39. The van der Waals surface area contributed by atoms with Crippen molar-refractivity contribution in [2.75, 3.05) is 18.1 Å². The number of sulfone groups is 1. The van der Waals surface area contributed by atoms with Crippen LogP contribution in [0.25, 0.3) is 0 Å². The average molecular weight is 261 g/mol. The fraction of sp³-hybridized carbons (Fsp3) is 1.00. The van der Waals surface area contributed by atoms with Crippen LogP contribution in [-0.4, -0.2) is 32.5 Å². The molecule has 0 amide bonds. The molecule has 1 saturated carbocycles. The van der Waals surface area contributed by atoms with Gasteiger partial charge < -0.3 is 5.32 Å². The zero-order valence-corrected chi connectivity index (χ0v) is 12.3. The first-order chi connectivity index (χ1) is 7.87. The molecule has 1 atom stereocenters. The molecule has 0 aliphatic heterocycles. The number of rotatable bonds is 6. The van der Waals surface area contributed by atoms with Gasteiger partial charge in [-0.3, -0.25) is 0 Å². The zero-order valence-electron chi connectivity index (χ0n) is 11.5. The quantitative estimate of drug-likeness (QED) is 0.798. The van der Waals surface area contributed by atoms with Crippen LogP contribution in [0.15, 0.2) is 0 Å². The van der Waals surface area contributed by atoms with Crippen LogP contribution >= 0.6 is 0 Å². The number of nitrogens with one attached hydrogen (secondary N) is 1. The minimum Gasteiger partial charge on any atom is -0.312 e. The van der Waals surface area contributed by atoms with Gasteiger partial charge in [0.1, 0.15) is 0 Å². The third kappa shape index (κ3) is 4.96. The first kappa shape index (κ1) is 15.0. The normalized spacial score (nSPS) is 24.8. The molecule has 102 valence electrons. The lowest BCUT2D eigenvalue weighted by molar-refractivity contribution is 0.170. The summed E-state index contributed by atoms with van der Waals surface area (Å²) in [6.45, 7) is 7.08. The fourth-order valence-corrected chi connectivity index (χ4v) is 3.93. The van der Waals surface area contributed by atoms with E-state index in [1.807, 2.05) is 6.92 Å². The van der Waals surface area contributed by atoms with Crippen LogP contribution in [0.1, 0.15) is 52.9 Å². The van der Waals surface area contributed by atoms with Crippen molar-refractivity contribution in [2.45, 2.75) is 58.9 Å². The molecule has 0 spiro atoms. The van der Waals surface area contributed by atoms with Gasteiger partial charge in [-0.2, -0.15) is 0 Å². The standard InChI is InChI=1S/C13H27NO2S/c1-4-10-17(15,16)11-9-14-12-7-5-6-8-13(12,2)3/h12,14H,4-11H2,1-3H3/t12-/m0/s1. The topological polar surface area (TPSA) is 46.2 Å². The van der Waals surface area contributed by atoms with E-state index in [9.17, 15) is 8.42 Å². The summed E-state index contributed by atoms with van der Waals surface area (Å²) >= 11 is 0. The molecule has 1 rings (SSSR count). The molecule has 0 aromatic heterocycles. The van der Waals surface area contributed by atoms with Gasteiger partial charge in [-0.25, -0.2) is 8.42 Å². The molecule has 0 radical (unpaired) electrons. The molecule has 3 nitrogen and oxygen atoms in total. The molecule has 0 aromatic carbocycles. The van der Waals surface area contributed by atoms with E-state index in [1.54, 1.807) is 0 Å². The largest absolute Gasteiger partial charge is 0.312 e. The molecule has 0 saturated heterocycles. The first-order valence-corrected chi connectivity index (χ1v) is 8.63. The van der Waals surface area contributed by atoms with Gasteiger partial charge in [-0.15, -0.1) is 0 Å². The molecular weight excluding hydrogens is 234 g/mol. The van der Waals surface area contributed by atoms with Gasteiger partial charge in [0.25, 0.3) is 0 Å². The minimum atomic E-state index is -2.83. The predicted molar refractivity (Wildman–Crippen MR) is 73.0 cm³/mol. The van der Waals surface area contributed by atoms with E-state index in [0.717, 1.165) is 6.42 Å². The molecule has 1 aliphatic rings. The highest BCUT2D eigenvalue weighted by atomic mass is 32.2. The van der Waals surface area contributed by atoms with Crippen molar-refractivity contribution in [3.63, 3.8) is 0 Å². The van der Waals surface area contributed by atoms with E-state index in [-0.39, 0.29) is 5.75 Å². The fourth-order valence-electron chi connectivity index (χ4n) is 2.67. The Morgan fingerprint density at radius 1 is 1.24 bits per heavy atom. The van der Waals surface area contributed by atoms with E-state index < -0.39 is 9.84 Å².